The number of phosphoric acid groups is 1. The molecule has 0 rings (SSSR count). The van der Waals surface area contributed by atoms with Crippen molar-refractivity contribution in [1.29, 1.82) is 0 Å². The Balaban J connectivity index is 0. The van der Waals surface area contributed by atoms with Gasteiger partial charge >= 0.3 is 13.8 Å². The van der Waals surface area contributed by atoms with Gasteiger partial charge in [0.2, 0.25) is 0 Å². The summed E-state index contributed by atoms with van der Waals surface area (Å²) in [6.07, 6.45) is 3.60. The zero-order valence-electron chi connectivity index (χ0n) is 8.04. The highest BCUT2D eigenvalue weighted by molar-refractivity contribution is 7.45. The van der Waals surface area contributed by atoms with Gasteiger partial charge < -0.3 is 19.8 Å². The van der Waals surface area contributed by atoms with Gasteiger partial charge in [-0.3, -0.25) is 0 Å². The lowest BCUT2D eigenvalue weighted by Gasteiger charge is -1.89. The molecule has 0 spiro atoms. The first-order chi connectivity index (χ1) is 6.18. The van der Waals surface area contributed by atoms with Crippen LogP contribution >= 0.6 is 7.82 Å². The van der Waals surface area contributed by atoms with Gasteiger partial charge in [-0.2, -0.15) is 0 Å². The lowest BCUT2D eigenvalue weighted by molar-refractivity contribution is -0.132. The molecule has 0 fully saturated rings. The van der Waals surface area contributed by atoms with Gasteiger partial charge in [0.15, 0.2) is 0 Å². The van der Waals surface area contributed by atoms with Gasteiger partial charge in [-0.05, 0) is 13.3 Å². The van der Waals surface area contributed by atoms with Crippen LogP contribution in [-0.2, 0) is 9.36 Å². The molecule has 0 amide bonds. The Morgan fingerprint density at radius 1 is 1.36 bits per heavy atom. The number of carboxylic acids is 1. The Kier molecular flexibility index (Phi) is 8.68. The molecule has 0 atom stereocenters. The molecule has 0 unspecified atom stereocenters. The molecule has 84 valence electrons. The summed E-state index contributed by atoms with van der Waals surface area (Å²) in [7, 11) is -4.64. The van der Waals surface area contributed by atoms with Crippen LogP contribution in [-0.4, -0.2) is 25.8 Å². The van der Waals surface area contributed by atoms with Crippen molar-refractivity contribution in [3.63, 3.8) is 0 Å². The van der Waals surface area contributed by atoms with E-state index in [1.54, 1.807) is 13.0 Å². The van der Waals surface area contributed by atoms with Gasteiger partial charge in [0.25, 0.3) is 0 Å². The van der Waals surface area contributed by atoms with Crippen LogP contribution in [0.4, 0.5) is 0 Å². The van der Waals surface area contributed by atoms with E-state index < -0.39 is 13.8 Å². The minimum absolute atomic E-state index is 0.442. The van der Waals surface area contributed by atoms with Crippen molar-refractivity contribution in [2.24, 2.45) is 0 Å². The lowest BCUT2D eigenvalue weighted by Crippen LogP contribution is -1.95. The van der Waals surface area contributed by atoms with E-state index in [1.807, 2.05) is 6.92 Å². The normalized spacial score (nSPS) is 11.6. The molecule has 0 aromatic heterocycles. The molecule has 0 heterocycles. The van der Waals surface area contributed by atoms with Crippen LogP contribution in [0.15, 0.2) is 11.6 Å². The largest absolute Gasteiger partial charge is 0.478 e. The van der Waals surface area contributed by atoms with Crippen LogP contribution in [0.25, 0.3) is 0 Å². The van der Waals surface area contributed by atoms with Crippen molar-refractivity contribution >= 4 is 13.8 Å². The van der Waals surface area contributed by atoms with E-state index >= 15 is 0 Å². The van der Waals surface area contributed by atoms with Crippen molar-refractivity contribution in [3.05, 3.63) is 11.6 Å². The fourth-order valence-electron chi connectivity index (χ4n) is 0.448. The summed E-state index contributed by atoms with van der Waals surface area (Å²) >= 11 is 0. The van der Waals surface area contributed by atoms with Crippen LogP contribution in [0, 0.1) is 0 Å². The first kappa shape index (κ1) is 15.8. The van der Waals surface area contributed by atoms with E-state index in [0.717, 1.165) is 12.8 Å². The molecule has 7 heteroatoms. The van der Waals surface area contributed by atoms with Crippen LogP contribution < -0.4 is 0 Å². The molecular formula is C7H15O6P. The molecule has 0 aliphatic heterocycles. The average Bonchev–Trinajstić information content (AvgIpc) is 1.96. The zero-order valence-corrected chi connectivity index (χ0v) is 8.94. The van der Waals surface area contributed by atoms with Crippen molar-refractivity contribution in [2.75, 3.05) is 0 Å². The molecular weight excluding hydrogens is 211 g/mol. The third-order valence-electron chi connectivity index (χ3n) is 1.08. The third kappa shape index (κ3) is 22.5. The number of aliphatic carboxylic acids is 1. The molecule has 0 aliphatic rings. The monoisotopic (exact) mass is 226 g/mol. The highest BCUT2D eigenvalue weighted by Gasteiger charge is 2.00. The van der Waals surface area contributed by atoms with E-state index in [-0.39, 0.29) is 0 Å². The van der Waals surface area contributed by atoms with Crippen molar-refractivity contribution in [2.45, 2.75) is 26.7 Å². The van der Waals surface area contributed by atoms with Gasteiger partial charge in [0, 0.05) is 5.57 Å². The summed E-state index contributed by atoms with van der Waals surface area (Å²) < 4.78 is 8.88. The number of hydrogen-bond donors (Lipinski definition) is 4. The molecule has 0 aliphatic carbocycles. The van der Waals surface area contributed by atoms with Crippen LogP contribution in [0.2, 0.25) is 0 Å². The van der Waals surface area contributed by atoms with Gasteiger partial charge in [0.05, 0.1) is 0 Å². The first-order valence-electron chi connectivity index (χ1n) is 3.86. The Bertz CT molecular complexity index is 232. The molecule has 4 N–H and O–H groups in total. The van der Waals surface area contributed by atoms with Gasteiger partial charge in [0.1, 0.15) is 0 Å². The summed E-state index contributed by atoms with van der Waals surface area (Å²) in [5.74, 6) is -0.816. The second-order valence-electron chi connectivity index (χ2n) is 2.49. The molecule has 0 aromatic rings. The molecule has 0 saturated carbocycles. The van der Waals surface area contributed by atoms with Gasteiger partial charge in [-0.15, -0.1) is 0 Å². The Labute approximate surface area is 82.1 Å². The summed E-state index contributed by atoms with van der Waals surface area (Å²) in [4.78, 5) is 31.7. The molecule has 0 radical (unpaired) electrons. The Hall–Kier alpha value is -0.680. The lowest BCUT2D eigenvalue weighted by atomic mass is 10.2. The van der Waals surface area contributed by atoms with Crippen LogP contribution in [0.1, 0.15) is 26.7 Å². The van der Waals surface area contributed by atoms with Crippen molar-refractivity contribution in [1.82, 2.24) is 0 Å². The van der Waals surface area contributed by atoms with E-state index in [4.69, 9.17) is 24.4 Å². The number of carbonyl (C=O) groups is 1. The molecule has 0 saturated heterocycles. The molecule has 6 nitrogen and oxygen atoms in total. The summed E-state index contributed by atoms with van der Waals surface area (Å²) in [6.45, 7) is 3.63. The van der Waals surface area contributed by atoms with Crippen LogP contribution in [0.3, 0.4) is 0 Å². The maximum Gasteiger partial charge on any atom is 0.466 e. The fraction of sp³-hybridized carbons (Fsp3) is 0.571. The highest BCUT2D eigenvalue weighted by atomic mass is 31.2. The smallest absolute Gasteiger partial charge is 0.466 e. The third-order valence-corrected chi connectivity index (χ3v) is 1.08. The number of rotatable bonds is 3. The SMILES string of the molecule is CCCC=C(C)C(=O)O.O=P(O)(O)O. The van der Waals surface area contributed by atoms with E-state index in [0.29, 0.717) is 5.57 Å². The molecule has 14 heavy (non-hydrogen) atoms. The number of carboxylic acid groups (broad SMARTS) is 1. The van der Waals surface area contributed by atoms with Crippen molar-refractivity contribution < 1.29 is 29.1 Å². The highest BCUT2D eigenvalue weighted by Crippen LogP contribution is 2.25. The van der Waals surface area contributed by atoms with Crippen LogP contribution in [0.5, 0.6) is 0 Å². The average molecular weight is 226 g/mol. The molecule has 0 aromatic carbocycles. The summed E-state index contributed by atoms with van der Waals surface area (Å²) in [6, 6.07) is 0. The number of unbranched alkanes of at least 4 members (excludes halogenated alkanes) is 1. The predicted molar refractivity (Wildman–Crippen MR) is 50.6 cm³/mol. The Morgan fingerprint density at radius 3 is 1.93 bits per heavy atom. The standard InChI is InChI=1S/C7H12O2.H3O4P/c1-3-4-5-6(2)7(8)9;1-5(2,3)4/h5H,3-4H2,1-2H3,(H,8,9);(H3,1,2,3,4). The maximum atomic E-state index is 10.1. The molecule has 0 bridgehead atoms. The van der Waals surface area contributed by atoms with Crippen molar-refractivity contribution in [3.8, 4) is 0 Å². The summed E-state index contributed by atoms with van der Waals surface area (Å²) in [5, 5.41) is 8.34. The number of allylic oxidation sites excluding steroid dienone is 1. The second kappa shape index (κ2) is 7.70. The predicted octanol–water partition coefficient (Wildman–Crippen LogP) is 0.889. The minimum Gasteiger partial charge on any atom is -0.478 e. The minimum atomic E-state index is -4.64. The first-order valence-corrected chi connectivity index (χ1v) is 5.43. The number of hydrogen-bond acceptors (Lipinski definition) is 2. The van der Waals surface area contributed by atoms with E-state index in [9.17, 15) is 4.79 Å². The Morgan fingerprint density at radius 2 is 1.71 bits per heavy atom. The van der Waals surface area contributed by atoms with E-state index in [2.05, 4.69) is 0 Å². The van der Waals surface area contributed by atoms with E-state index in [1.165, 1.54) is 0 Å². The maximum absolute atomic E-state index is 10.1. The summed E-state index contributed by atoms with van der Waals surface area (Å²) in [5.41, 5.74) is 0.442. The fourth-order valence-corrected chi connectivity index (χ4v) is 0.448. The zero-order chi connectivity index (χ0) is 11.8. The topological polar surface area (TPSA) is 115 Å². The second-order valence-corrected chi connectivity index (χ2v) is 3.52. The quantitative estimate of drug-likeness (QED) is 0.419. The van der Waals surface area contributed by atoms with Gasteiger partial charge in [-0.1, -0.05) is 19.4 Å². The van der Waals surface area contributed by atoms with Gasteiger partial charge in [-0.25, -0.2) is 9.36 Å².